The van der Waals surface area contributed by atoms with E-state index in [4.69, 9.17) is 16.0 Å². The van der Waals surface area contributed by atoms with Crippen molar-refractivity contribution in [3.8, 4) is 0 Å². The molecule has 1 heterocycles. The third-order valence-electron chi connectivity index (χ3n) is 3.82. The van der Waals surface area contributed by atoms with E-state index in [2.05, 4.69) is 10.6 Å². The first kappa shape index (κ1) is 17.6. The van der Waals surface area contributed by atoms with E-state index in [1.807, 2.05) is 19.2 Å². The molecule has 0 saturated carbocycles. The molecule has 0 unspecified atom stereocenters. The van der Waals surface area contributed by atoms with Crippen molar-refractivity contribution in [1.29, 1.82) is 0 Å². The molecule has 0 saturated heterocycles. The van der Waals surface area contributed by atoms with Gasteiger partial charge in [-0.1, -0.05) is 11.6 Å². The summed E-state index contributed by atoms with van der Waals surface area (Å²) in [5.74, 6) is 0.276. The van der Waals surface area contributed by atoms with E-state index in [9.17, 15) is 9.18 Å². The molecule has 2 N–H and O–H groups in total. The van der Waals surface area contributed by atoms with Crippen LogP contribution in [-0.4, -0.2) is 12.3 Å². The maximum Gasteiger partial charge on any atom is 0.319 e. The maximum absolute atomic E-state index is 13.3. The van der Waals surface area contributed by atoms with Gasteiger partial charge in [-0.25, -0.2) is 9.18 Å². The van der Waals surface area contributed by atoms with E-state index in [-0.39, 0.29) is 18.4 Å². The minimum absolute atomic E-state index is 0.205. The van der Waals surface area contributed by atoms with E-state index >= 15 is 0 Å². The zero-order valence-electron chi connectivity index (χ0n) is 13.7. The minimum atomic E-state index is -0.361. The van der Waals surface area contributed by atoms with Gasteiger partial charge in [0.1, 0.15) is 17.2 Å². The normalized spacial score (nSPS) is 10.9. The summed E-state index contributed by atoms with van der Waals surface area (Å²) < 4.78 is 19.0. The van der Waals surface area contributed by atoms with Crippen molar-refractivity contribution in [3.05, 3.63) is 58.6 Å². The van der Waals surface area contributed by atoms with Gasteiger partial charge >= 0.3 is 6.03 Å². The molecule has 0 fully saturated rings. The van der Waals surface area contributed by atoms with Crippen LogP contribution in [0.25, 0.3) is 11.0 Å². The molecule has 0 spiro atoms. The monoisotopic (exact) mass is 378 g/mol. The molecule has 130 valence electrons. The number of furan rings is 1. The number of hydrogen-bond acceptors (Lipinski definition) is 3. The summed E-state index contributed by atoms with van der Waals surface area (Å²) in [6.45, 7) is 2.04. The van der Waals surface area contributed by atoms with Gasteiger partial charge in [0.05, 0.1) is 11.6 Å². The lowest BCUT2D eigenvalue weighted by Gasteiger charge is -2.09. The molecule has 0 atom stereocenters. The van der Waals surface area contributed by atoms with Crippen molar-refractivity contribution < 1.29 is 13.6 Å². The topological polar surface area (TPSA) is 54.3 Å². The summed E-state index contributed by atoms with van der Waals surface area (Å²) >= 11 is 7.56. The second kappa shape index (κ2) is 7.37. The van der Waals surface area contributed by atoms with E-state index in [1.165, 1.54) is 23.9 Å². The van der Waals surface area contributed by atoms with Crippen molar-refractivity contribution in [2.75, 3.05) is 11.6 Å². The molecule has 3 aromatic rings. The maximum atomic E-state index is 13.3. The lowest BCUT2D eigenvalue weighted by Crippen LogP contribution is -2.28. The van der Waals surface area contributed by atoms with Crippen molar-refractivity contribution in [2.24, 2.45) is 0 Å². The zero-order chi connectivity index (χ0) is 18.0. The number of rotatable bonds is 4. The summed E-state index contributed by atoms with van der Waals surface area (Å²) in [5, 5.41) is 6.84. The van der Waals surface area contributed by atoms with Crippen LogP contribution in [-0.2, 0) is 6.54 Å². The molecular formula is C18H16ClFN2O2S. The number of aryl methyl sites for hydroxylation is 1. The molecule has 0 aliphatic carbocycles. The summed E-state index contributed by atoms with van der Waals surface area (Å²) in [4.78, 5) is 13.0. The van der Waals surface area contributed by atoms with Gasteiger partial charge in [-0.05, 0) is 49.6 Å². The Hall–Kier alpha value is -2.18. The molecular weight excluding hydrogens is 363 g/mol. The fraction of sp³-hybridized carbons (Fsp3) is 0.167. The Labute approximate surface area is 153 Å². The van der Waals surface area contributed by atoms with Gasteiger partial charge in [0, 0.05) is 21.5 Å². The van der Waals surface area contributed by atoms with Crippen LogP contribution in [0.4, 0.5) is 14.9 Å². The lowest BCUT2D eigenvalue weighted by molar-refractivity contribution is 0.251. The molecule has 4 nitrogen and oxygen atoms in total. The Morgan fingerprint density at radius 3 is 2.84 bits per heavy atom. The minimum Gasteiger partial charge on any atom is -0.459 e. The molecule has 3 rings (SSSR count). The van der Waals surface area contributed by atoms with Crippen LogP contribution in [0.1, 0.15) is 11.3 Å². The second-order valence-corrected chi connectivity index (χ2v) is 6.70. The average Bonchev–Trinajstić information content (AvgIpc) is 2.90. The SMILES string of the molecule is CSc1cc(NC(=O)NCc2oc3ccc(F)cc3c2C)ccc1Cl. The number of nitrogens with one attached hydrogen (secondary N) is 2. The van der Waals surface area contributed by atoms with Crippen LogP contribution in [0.2, 0.25) is 5.02 Å². The van der Waals surface area contributed by atoms with Gasteiger partial charge < -0.3 is 15.1 Å². The smallest absolute Gasteiger partial charge is 0.319 e. The summed E-state index contributed by atoms with van der Waals surface area (Å²) in [6.07, 6.45) is 1.91. The predicted molar refractivity (Wildman–Crippen MR) is 100 cm³/mol. The van der Waals surface area contributed by atoms with Crippen LogP contribution in [0, 0.1) is 12.7 Å². The predicted octanol–water partition coefficient (Wildman–Crippen LogP) is 5.58. The highest BCUT2D eigenvalue weighted by molar-refractivity contribution is 7.98. The van der Waals surface area contributed by atoms with Crippen LogP contribution >= 0.6 is 23.4 Å². The highest BCUT2D eigenvalue weighted by Crippen LogP contribution is 2.28. The van der Waals surface area contributed by atoms with Gasteiger partial charge in [0.25, 0.3) is 0 Å². The van der Waals surface area contributed by atoms with Gasteiger partial charge in [-0.2, -0.15) is 0 Å². The standard InChI is InChI=1S/C18H16ClFN2O2S/c1-10-13-7-11(20)3-6-15(13)24-16(10)9-21-18(23)22-12-4-5-14(19)17(8-12)25-2/h3-8H,9H2,1-2H3,(H2,21,22,23). The van der Waals surface area contributed by atoms with Crippen molar-refractivity contribution in [2.45, 2.75) is 18.4 Å². The highest BCUT2D eigenvalue weighted by Gasteiger charge is 2.12. The number of anilines is 1. The Morgan fingerprint density at radius 2 is 2.08 bits per heavy atom. The number of urea groups is 1. The Bertz CT molecular complexity index is 942. The Morgan fingerprint density at radius 1 is 1.28 bits per heavy atom. The number of carbonyl (C=O) groups is 1. The van der Waals surface area contributed by atoms with Gasteiger partial charge in [0.15, 0.2) is 0 Å². The van der Waals surface area contributed by atoms with Crippen molar-refractivity contribution in [1.82, 2.24) is 5.32 Å². The van der Waals surface area contributed by atoms with E-state index in [0.717, 1.165) is 10.5 Å². The summed E-state index contributed by atoms with van der Waals surface area (Å²) in [7, 11) is 0. The molecule has 2 amide bonds. The second-order valence-electron chi connectivity index (χ2n) is 5.45. The van der Waals surface area contributed by atoms with E-state index in [0.29, 0.717) is 27.4 Å². The van der Waals surface area contributed by atoms with Gasteiger partial charge in [0.2, 0.25) is 0 Å². The third kappa shape index (κ3) is 3.91. The Balaban J connectivity index is 1.67. The quantitative estimate of drug-likeness (QED) is 0.583. The first-order chi connectivity index (χ1) is 12.0. The Kier molecular flexibility index (Phi) is 5.20. The fourth-order valence-corrected chi connectivity index (χ4v) is 3.34. The van der Waals surface area contributed by atoms with Crippen LogP contribution in [0.3, 0.4) is 0 Å². The van der Waals surface area contributed by atoms with Crippen molar-refractivity contribution in [3.63, 3.8) is 0 Å². The third-order valence-corrected chi connectivity index (χ3v) is 5.03. The lowest BCUT2D eigenvalue weighted by atomic mass is 10.1. The molecule has 2 aromatic carbocycles. The molecule has 0 bridgehead atoms. The largest absolute Gasteiger partial charge is 0.459 e. The summed E-state index contributed by atoms with van der Waals surface area (Å²) in [5.41, 5.74) is 2.05. The number of benzene rings is 2. The first-order valence-electron chi connectivity index (χ1n) is 7.54. The average molecular weight is 379 g/mol. The number of halogens is 2. The van der Waals surface area contributed by atoms with Gasteiger partial charge in [-0.3, -0.25) is 0 Å². The fourth-order valence-electron chi connectivity index (χ4n) is 2.49. The molecule has 0 aliphatic heterocycles. The van der Waals surface area contributed by atoms with Crippen LogP contribution < -0.4 is 10.6 Å². The molecule has 25 heavy (non-hydrogen) atoms. The van der Waals surface area contributed by atoms with Crippen molar-refractivity contribution >= 4 is 46.1 Å². The molecule has 1 aromatic heterocycles. The number of carbonyl (C=O) groups excluding carboxylic acids is 1. The first-order valence-corrected chi connectivity index (χ1v) is 9.14. The highest BCUT2D eigenvalue weighted by atomic mass is 35.5. The van der Waals surface area contributed by atoms with Gasteiger partial charge in [-0.15, -0.1) is 11.8 Å². The molecule has 7 heteroatoms. The number of hydrogen-bond donors (Lipinski definition) is 2. The zero-order valence-corrected chi connectivity index (χ0v) is 15.2. The van der Waals surface area contributed by atoms with E-state index < -0.39 is 0 Å². The van der Waals surface area contributed by atoms with Crippen LogP contribution in [0.15, 0.2) is 45.7 Å². The molecule has 0 radical (unpaired) electrons. The number of amides is 2. The van der Waals surface area contributed by atoms with E-state index in [1.54, 1.807) is 18.2 Å². The number of thioether (sulfide) groups is 1. The molecule has 0 aliphatic rings. The number of fused-ring (bicyclic) bond motifs is 1. The summed E-state index contributed by atoms with van der Waals surface area (Å²) in [6, 6.07) is 9.27. The van der Waals surface area contributed by atoms with Crippen LogP contribution in [0.5, 0.6) is 0 Å².